The standard InChI is InChI=1S/C10H6FNO2S/c11-6-1-2-7(8(5-6)10(13)14)9-12-3-4-15-9/h1-5H,(H,13,14). The zero-order valence-electron chi connectivity index (χ0n) is 7.48. The van der Waals surface area contributed by atoms with E-state index in [4.69, 9.17) is 5.11 Å². The first kappa shape index (κ1) is 9.79. The highest BCUT2D eigenvalue weighted by molar-refractivity contribution is 7.13. The van der Waals surface area contributed by atoms with E-state index in [2.05, 4.69) is 4.98 Å². The fraction of sp³-hybridized carbons (Fsp3) is 0. The third kappa shape index (κ3) is 1.87. The summed E-state index contributed by atoms with van der Waals surface area (Å²) in [5.74, 6) is -1.72. The normalized spacial score (nSPS) is 10.2. The molecule has 0 unspecified atom stereocenters. The summed E-state index contributed by atoms with van der Waals surface area (Å²) in [6.07, 6.45) is 1.58. The number of carboxylic acid groups (broad SMARTS) is 1. The Bertz CT molecular complexity index is 496. The Morgan fingerprint density at radius 1 is 1.47 bits per heavy atom. The Morgan fingerprint density at radius 3 is 2.87 bits per heavy atom. The monoisotopic (exact) mass is 223 g/mol. The van der Waals surface area contributed by atoms with E-state index in [-0.39, 0.29) is 5.56 Å². The van der Waals surface area contributed by atoms with Gasteiger partial charge in [-0.25, -0.2) is 14.2 Å². The smallest absolute Gasteiger partial charge is 0.336 e. The number of hydrogen-bond acceptors (Lipinski definition) is 3. The lowest BCUT2D eigenvalue weighted by Gasteiger charge is -2.02. The van der Waals surface area contributed by atoms with Crippen molar-refractivity contribution in [3.63, 3.8) is 0 Å². The lowest BCUT2D eigenvalue weighted by Crippen LogP contribution is -2.00. The molecule has 0 bridgehead atoms. The lowest BCUT2D eigenvalue weighted by molar-refractivity contribution is 0.0697. The minimum Gasteiger partial charge on any atom is -0.478 e. The second-order valence-corrected chi connectivity index (χ2v) is 3.73. The first-order valence-corrected chi connectivity index (χ1v) is 4.99. The molecule has 0 aliphatic rings. The van der Waals surface area contributed by atoms with Gasteiger partial charge in [0.1, 0.15) is 10.8 Å². The number of rotatable bonds is 2. The van der Waals surface area contributed by atoms with E-state index in [9.17, 15) is 9.18 Å². The van der Waals surface area contributed by atoms with Crippen LogP contribution in [0.5, 0.6) is 0 Å². The van der Waals surface area contributed by atoms with E-state index >= 15 is 0 Å². The third-order valence-corrected chi connectivity index (χ3v) is 2.68. The molecule has 0 atom stereocenters. The van der Waals surface area contributed by atoms with Crippen LogP contribution in [0.15, 0.2) is 29.8 Å². The maximum absolute atomic E-state index is 12.9. The quantitative estimate of drug-likeness (QED) is 0.851. The third-order valence-electron chi connectivity index (χ3n) is 1.87. The predicted octanol–water partition coefficient (Wildman–Crippen LogP) is 2.65. The van der Waals surface area contributed by atoms with Gasteiger partial charge in [-0.2, -0.15) is 0 Å². The molecule has 76 valence electrons. The van der Waals surface area contributed by atoms with Gasteiger partial charge in [0, 0.05) is 17.1 Å². The molecule has 0 saturated carbocycles. The summed E-state index contributed by atoms with van der Waals surface area (Å²) in [5, 5.41) is 11.2. The van der Waals surface area contributed by atoms with E-state index in [1.54, 1.807) is 11.6 Å². The van der Waals surface area contributed by atoms with Crippen LogP contribution in [-0.4, -0.2) is 16.1 Å². The molecule has 0 aliphatic heterocycles. The highest BCUT2D eigenvalue weighted by atomic mass is 32.1. The van der Waals surface area contributed by atoms with E-state index in [0.717, 1.165) is 6.07 Å². The Labute approximate surface area is 88.8 Å². The average molecular weight is 223 g/mol. The summed E-state index contributed by atoms with van der Waals surface area (Å²) in [5.41, 5.74) is 0.379. The Kier molecular flexibility index (Phi) is 2.47. The molecule has 0 spiro atoms. The summed E-state index contributed by atoms with van der Waals surface area (Å²) in [6, 6.07) is 3.65. The molecule has 0 fully saturated rings. The van der Waals surface area contributed by atoms with E-state index in [0.29, 0.717) is 10.6 Å². The molecule has 3 nitrogen and oxygen atoms in total. The molecular formula is C10H6FNO2S. The van der Waals surface area contributed by atoms with E-state index < -0.39 is 11.8 Å². The first-order valence-electron chi connectivity index (χ1n) is 4.11. The summed E-state index contributed by atoms with van der Waals surface area (Å²) in [6.45, 7) is 0. The van der Waals surface area contributed by atoms with Crippen molar-refractivity contribution in [2.45, 2.75) is 0 Å². The van der Waals surface area contributed by atoms with Crippen molar-refractivity contribution in [2.75, 3.05) is 0 Å². The number of benzene rings is 1. The topological polar surface area (TPSA) is 50.2 Å². The molecule has 0 amide bonds. The molecule has 0 radical (unpaired) electrons. The van der Waals surface area contributed by atoms with Gasteiger partial charge in [-0.3, -0.25) is 0 Å². The SMILES string of the molecule is O=C(O)c1cc(F)ccc1-c1nccs1. The van der Waals surface area contributed by atoms with Crippen LogP contribution in [0.4, 0.5) is 4.39 Å². The van der Waals surface area contributed by atoms with Crippen LogP contribution in [0.2, 0.25) is 0 Å². The zero-order valence-corrected chi connectivity index (χ0v) is 8.29. The van der Waals surface area contributed by atoms with E-state index in [1.807, 2.05) is 0 Å². The molecule has 0 aliphatic carbocycles. The second-order valence-electron chi connectivity index (χ2n) is 2.83. The van der Waals surface area contributed by atoms with Gasteiger partial charge in [0.2, 0.25) is 0 Å². The maximum Gasteiger partial charge on any atom is 0.336 e. The number of aromatic carboxylic acids is 1. The van der Waals surface area contributed by atoms with Crippen LogP contribution < -0.4 is 0 Å². The van der Waals surface area contributed by atoms with Crippen molar-refractivity contribution in [2.24, 2.45) is 0 Å². The summed E-state index contributed by atoms with van der Waals surface area (Å²) in [4.78, 5) is 14.9. The average Bonchev–Trinajstić information content (AvgIpc) is 2.70. The van der Waals surface area contributed by atoms with Gasteiger partial charge < -0.3 is 5.11 Å². The van der Waals surface area contributed by atoms with Crippen molar-refractivity contribution in [3.05, 3.63) is 41.2 Å². The Morgan fingerprint density at radius 2 is 2.27 bits per heavy atom. The Hall–Kier alpha value is -1.75. The molecule has 1 aromatic heterocycles. The van der Waals surface area contributed by atoms with Crippen LogP contribution in [0.3, 0.4) is 0 Å². The van der Waals surface area contributed by atoms with Crippen molar-refractivity contribution >= 4 is 17.3 Å². The van der Waals surface area contributed by atoms with Gasteiger partial charge in [-0.05, 0) is 18.2 Å². The number of nitrogens with zero attached hydrogens (tertiary/aromatic N) is 1. The van der Waals surface area contributed by atoms with Crippen LogP contribution in [0.1, 0.15) is 10.4 Å². The molecule has 5 heteroatoms. The van der Waals surface area contributed by atoms with Crippen LogP contribution >= 0.6 is 11.3 Å². The number of halogens is 1. The lowest BCUT2D eigenvalue weighted by atomic mass is 10.1. The van der Waals surface area contributed by atoms with Crippen LogP contribution in [0, 0.1) is 5.82 Å². The fourth-order valence-corrected chi connectivity index (χ4v) is 1.91. The predicted molar refractivity (Wildman–Crippen MR) is 54.5 cm³/mol. The van der Waals surface area contributed by atoms with Gasteiger partial charge in [0.15, 0.2) is 0 Å². The molecule has 1 heterocycles. The highest BCUT2D eigenvalue weighted by Crippen LogP contribution is 2.26. The number of aromatic nitrogens is 1. The molecule has 15 heavy (non-hydrogen) atoms. The van der Waals surface area contributed by atoms with Crippen molar-refractivity contribution in [3.8, 4) is 10.6 Å². The minimum atomic E-state index is -1.15. The highest BCUT2D eigenvalue weighted by Gasteiger charge is 2.14. The van der Waals surface area contributed by atoms with Gasteiger partial charge >= 0.3 is 5.97 Å². The maximum atomic E-state index is 12.9. The largest absolute Gasteiger partial charge is 0.478 e. The van der Waals surface area contributed by atoms with Crippen molar-refractivity contribution < 1.29 is 14.3 Å². The number of thiazole rings is 1. The van der Waals surface area contributed by atoms with Crippen LogP contribution in [-0.2, 0) is 0 Å². The first-order chi connectivity index (χ1) is 7.18. The van der Waals surface area contributed by atoms with Gasteiger partial charge in [-0.15, -0.1) is 11.3 Å². The molecule has 1 N–H and O–H groups in total. The van der Waals surface area contributed by atoms with Gasteiger partial charge in [0.05, 0.1) is 5.56 Å². The summed E-state index contributed by atoms with van der Waals surface area (Å²) < 4.78 is 12.9. The number of hydrogen-bond donors (Lipinski definition) is 1. The number of carbonyl (C=O) groups is 1. The van der Waals surface area contributed by atoms with Gasteiger partial charge in [-0.1, -0.05) is 0 Å². The van der Waals surface area contributed by atoms with Gasteiger partial charge in [0.25, 0.3) is 0 Å². The molecule has 1 aromatic carbocycles. The molecule has 0 saturated heterocycles. The summed E-state index contributed by atoms with van der Waals surface area (Å²) >= 11 is 1.32. The second kappa shape index (κ2) is 3.78. The zero-order chi connectivity index (χ0) is 10.8. The van der Waals surface area contributed by atoms with Crippen molar-refractivity contribution in [1.29, 1.82) is 0 Å². The molecular weight excluding hydrogens is 217 g/mol. The fourth-order valence-electron chi connectivity index (χ4n) is 1.24. The van der Waals surface area contributed by atoms with Crippen molar-refractivity contribution in [1.82, 2.24) is 4.98 Å². The van der Waals surface area contributed by atoms with Crippen LogP contribution in [0.25, 0.3) is 10.6 Å². The molecule has 2 aromatic rings. The summed E-state index contributed by atoms with van der Waals surface area (Å²) in [7, 11) is 0. The van der Waals surface area contributed by atoms with E-state index in [1.165, 1.54) is 23.5 Å². The Balaban J connectivity index is 2.61. The number of carboxylic acids is 1. The molecule has 2 rings (SSSR count). The minimum absolute atomic E-state index is 0.0649.